The molecule has 1 aromatic carbocycles. The zero-order chi connectivity index (χ0) is 13.9. The van der Waals surface area contributed by atoms with Crippen LogP contribution in [0.5, 0.6) is 0 Å². The van der Waals surface area contributed by atoms with E-state index in [1.54, 1.807) is 0 Å². The second kappa shape index (κ2) is 9.34. The molecular formula is C17H27Cl3N2. The average Bonchev–Trinajstić information content (AvgIpc) is 2.98. The molecule has 0 aromatic heterocycles. The predicted molar refractivity (Wildman–Crippen MR) is 99.8 cm³/mol. The summed E-state index contributed by atoms with van der Waals surface area (Å²) in [6.07, 6.45) is 5.54. The molecule has 5 heteroatoms. The highest BCUT2D eigenvalue weighted by Gasteiger charge is 2.31. The average molecular weight is 366 g/mol. The lowest BCUT2D eigenvalue weighted by molar-refractivity contribution is 0.125. The molecular weight excluding hydrogens is 339 g/mol. The number of piperazine rings is 1. The Hall–Kier alpha value is 0.01000. The third-order valence-electron chi connectivity index (χ3n) is 4.93. The van der Waals surface area contributed by atoms with E-state index in [0.717, 1.165) is 37.1 Å². The molecule has 2 nitrogen and oxygen atoms in total. The Morgan fingerprint density at radius 1 is 1.14 bits per heavy atom. The van der Waals surface area contributed by atoms with Crippen LogP contribution in [0.15, 0.2) is 18.2 Å². The molecule has 1 saturated heterocycles. The van der Waals surface area contributed by atoms with Gasteiger partial charge in [-0.25, -0.2) is 0 Å². The molecule has 1 N–H and O–H groups in total. The third-order valence-corrected chi connectivity index (χ3v) is 5.34. The summed E-state index contributed by atoms with van der Waals surface area (Å²) < 4.78 is 0. The van der Waals surface area contributed by atoms with Gasteiger partial charge in [-0.2, -0.15) is 0 Å². The topological polar surface area (TPSA) is 15.3 Å². The summed E-state index contributed by atoms with van der Waals surface area (Å²) in [4.78, 5) is 2.67. The predicted octanol–water partition coefficient (Wildman–Crippen LogP) is 4.63. The molecule has 0 amide bonds. The van der Waals surface area contributed by atoms with Crippen LogP contribution in [0.4, 0.5) is 0 Å². The Kier molecular flexibility index (Phi) is 8.52. The van der Waals surface area contributed by atoms with E-state index in [9.17, 15) is 0 Å². The minimum absolute atomic E-state index is 0. The van der Waals surface area contributed by atoms with Gasteiger partial charge in [-0.05, 0) is 42.9 Å². The number of nitrogens with one attached hydrogen (secondary N) is 1. The molecule has 0 spiro atoms. The highest BCUT2D eigenvalue weighted by Crippen LogP contribution is 2.40. The molecule has 0 unspecified atom stereocenters. The molecule has 22 heavy (non-hydrogen) atoms. The van der Waals surface area contributed by atoms with Crippen molar-refractivity contribution < 1.29 is 0 Å². The number of nitrogens with zero attached hydrogens (tertiary/aromatic N) is 1. The second-order valence-corrected chi connectivity index (χ2v) is 6.69. The Balaban J connectivity index is 0.00000121. The molecule has 1 aliphatic heterocycles. The molecule has 0 radical (unpaired) electrons. The minimum Gasteiger partial charge on any atom is -0.314 e. The van der Waals surface area contributed by atoms with E-state index in [0.29, 0.717) is 6.04 Å². The van der Waals surface area contributed by atoms with E-state index in [1.165, 1.54) is 36.8 Å². The van der Waals surface area contributed by atoms with E-state index in [-0.39, 0.29) is 24.8 Å². The Morgan fingerprint density at radius 2 is 1.77 bits per heavy atom. The number of aryl methyl sites for hydroxylation is 1. The van der Waals surface area contributed by atoms with E-state index < -0.39 is 0 Å². The lowest BCUT2D eigenvalue weighted by Crippen LogP contribution is -2.46. The van der Waals surface area contributed by atoms with Gasteiger partial charge in [-0.1, -0.05) is 36.6 Å². The first-order valence-electron chi connectivity index (χ1n) is 7.96. The molecule has 1 heterocycles. The normalized spacial score (nSPS) is 21.0. The van der Waals surface area contributed by atoms with Crippen molar-refractivity contribution in [1.82, 2.24) is 10.2 Å². The van der Waals surface area contributed by atoms with Crippen molar-refractivity contribution in [3.8, 4) is 0 Å². The first kappa shape index (κ1) is 20.1. The van der Waals surface area contributed by atoms with Gasteiger partial charge < -0.3 is 5.32 Å². The van der Waals surface area contributed by atoms with Crippen LogP contribution in [0, 0.1) is 12.8 Å². The van der Waals surface area contributed by atoms with Crippen molar-refractivity contribution in [2.24, 2.45) is 5.92 Å². The van der Waals surface area contributed by atoms with E-state index in [2.05, 4.69) is 35.3 Å². The summed E-state index contributed by atoms with van der Waals surface area (Å²) in [5.41, 5.74) is 2.61. The fourth-order valence-corrected chi connectivity index (χ4v) is 4.00. The highest BCUT2D eigenvalue weighted by atomic mass is 35.5. The molecule has 1 atom stereocenters. The van der Waals surface area contributed by atoms with Crippen molar-refractivity contribution >= 4 is 36.4 Å². The van der Waals surface area contributed by atoms with Gasteiger partial charge in [0.15, 0.2) is 0 Å². The molecule has 0 bridgehead atoms. The van der Waals surface area contributed by atoms with E-state index in [1.807, 2.05) is 0 Å². The van der Waals surface area contributed by atoms with Gasteiger partial charge in [0.25, 0.3) is 0 Å². The molecule has 126 valence electrons. The number of hydrogen-bond donors (Lipinski definition) is 1. The highest BCUT2D eigenvalue weighted by molar-refractivity contribution is 6.31. The van der Waals surface area contributed by atoms with Crippen LogP contribution in [-0.2, 0) is 0 Å². The maximum Gasteiger partial charge on any atom is 0.0438 e. The fourth-order valence-electron chi connectivity index (χ4n) is 3.81. The number of hydrogen-bond acceptors (Lipinski definition) is 2. The van der Waals surface area contributed by atoms with Crippen LogP contribution in [0.25, 0.3) is 0 Å². The van der Waals surface area contributed by atoms with Crippen LogP contribution in [0.1, 0.15) is 42.9 Å². The van der Waals surface area contributed by atoms with Gasteiger partial charge in [0, 0.05) is 37.2 Å². The standard InChI is InChI=1S/C17H25ClN2.2ClH/c1-13-6-7-15(12-16(13)18)17(14-4-2-3-5-14)20-10-8-19-9-11-20;;/h6-7,12,14,17,19H,2-5,8-11H2,1H3;2*1H/t17-;;/m0../s1. The van der Waals surface area contributed by atoms with Crippen LogP contribution in [0.2, 0.25) is 5.02 Å². The number of benzene rings is 1. The minimum atomic E-state index is 0. The Morgan fingerprint density at radius 3 is 2.36 bits per heavy atom. The summed E-state index contributed by atoms with van der Waals surface area (Å²) in [5, 5.41) is 4.38. The summed E-state index contributed by atoms with van der Waals surface area (Å²) >= 11 is 6.37. The van der Waals surface area contributed by atoms with Gasteiger partial charge in [0.05, 0.1) is 0 Å². The zero-order valence-corrected chi connectivity index (χ0v) is 15.6. The second-order valence-electron chi connectivity index (χ2n) is 6.28. The largest absolute Gasteiger partial charge is 0.314 e. The zero-order valence-electron chi connectivity index (χ0n) is 13.2. The molecule has 1 aromatic rings. The van der Waals surface area contributed by atoms with Gasteiger partial charge in [-0.15, -0.1) is 24.8 Å². The van der Waals surface area contributed by atoms with Crippen LogP contribution < -0.4 is 5.32 Å². The Labute approximate surface area is 151 Å². The monoisotopic (exact) mass is 364 g/mol. The summed E-state index contributed by atoms with van der Waals surface area (Å²) in [5.74, 6) is 0.812. The van der Waals surface area contributed by atoms with E-state index >= 15 is 0 Å². The molecule has 1 saturated carbocycles. The molecule has 2 fully saturated rings. The van der Waals surface area contributed by atoms with Gasteiger partial charge >= 0.3 is 0 Å². The molecule has 2 aliphatic rings. The van der Waals surface area contributed by atoms with E-state index in [4.69, 9.17) is 11.6 Å². The smallest absolute Gasteiger partial charge is 0.0438 e. The maximum atomic E-state index is 6.37. The van der Waals surface area contributed by atoms with Gasteiger partial charge in [0.2, 0.25) is 0 Å². The first-order chi connectivity index (χ1) is 9.75. The van der Waals surface area contributed by atoms with Crippen molar-refractivity contribution in [2.75, 3.05) is 26.2 Å². The van der Waals surface area contributed by atoms with Crippen molar-refractivity contribution in [3.63, 3.8) is 0 Å². The summed E-state index contributed by atoms with van der Waals surface area (Å²) in [6, 6.07) is 7.26. The molecule has 3 rings (SSSR count). The van der Waals surface area contributed by atoms with Gasteiger partial charge in [0.1, 0.15) is 0 Å². The number of halogens is 3. The van der Waals surface area contributed by atoms with Crippen LogP contribution in [0.3, 0.4) is 0 Å². The van der Waals surface area contributed by atoms with Gasteiger partial charge in [-0.3, -0.25) is 4.90 Å². The lowest BCUT2D eigenvalue weighted by Gasteiger charge is -2.38. The summed E-state index contributed by atoms with van der Waals surface area (Å²) in [7, 11) is 0. The van der Waals surface area contributed by atoms with Crippen molar-refractivity contribution in [3.05, 3.63) is 34.3 Å². The fraction of sp³-hybridized carbons (Fsp3) is 0.647. The summed E-state index contributed by atoms with van der Waals surface area (Å²) in [6.45, 7) is 6.63. The van der Waals surface area contributed by atoms with Crippen LogP contribution in [-0.4, -0.2) is 31.1 Å². The quantitative estimate of drug-likeness (QED) is 0.840. The first-order valence-corrected chi connectivity index (χ1v) is 8.34. The molecule has 1 aliphatic carbocycles. The lowest BCUT2D eigenvalue weighted by atomic mass is 9.89. The Bertz CT molecular complexity index is 455. The van der Waals surface area contributed by atoms with Crippen molar-refractivity contribution in [2.45, 2.75) is 38.6 Å². The number of rotatable bonds is 3. The third kappa shape index (κ3) is 4.52. The SMILES string of the molecule is Cc1ccc([C@H](C2CCCC2)N2CCNCC2)cc1Cl.Cl.Cl. The maximum absolute atomic E-state index is 6.37. The van der Waals surface area contributed by atoms with Crippen molar-refractivity contribution in [1.29, 1.82) is 0 Å². The van der Waals surface area contributed by atoms with Crippen LogP contribution >= 0.6 is 36.4 Å².